The van der Waals surface area contributed by atoms with Gasteiger partial charge in [0.1, 0.15) is 5.51 Å². The van der Waals surface area contributed by atoms with E-state index >= 15 is 0 Å². The van der Waals surface area contributed by atoms with Gasteiger partial charge in [-0.1, -0.05) is 18.3 Å². The third-order valence-corrected chi connectivity index (χ3v) is 2.78. The van der Waals surface area contributed by atoms with E-state index in [1.165, 1.54) is 12.8 Å². The van der Waals surface area contributed by atoms with Gasteiger partial charge in [0, 0.05) is 6.54 Å². The van der Waals surface area contributed by atoms with Crippen molar-refractivity contribution in [3.8, 4) is 0 Å². The highest BCUT2D eigenvalue weighted by Gasteiger charge is 2.36. The highest BCUT2D eigenvalue weighted by Crippen LogP contribution is 2.44. The van der Waals surface area contributed by atoms with E-state index in [2.05, 4.69) is 22.4 Å². The summed E-state index contributed by atoms with van der Waals surface area (Å²) in [6.45, 7) is 3.34. The zero-order chi connectivity index (χ0) is 7.73. The first-order valence-electron chi connectivity index (χ1n) is 3.79. The van der Waals surface area contributed by atoms with Gasteiger partial charge in [-0.15, -0.1) is 10.2 Å². The Balaban J connectivity index is 1.83. The Morgan fingerprint density at radius 1 is 1.73 bits per heavy atom. The summed E-state index contributed by atoms with van der Waals surface area (Å²) in [4.78, 5) is 0. The Morgan fingerprint density at radius 2 is 2.55 bits per heavy atom. The lowest BCUT2D eigenvalue weighted by Gasteiger charge is -2.06. The summed E-state index contributed by atoms with van der Waals surface area (Å²) in [5, 5.41) is 11.9. The van der Waals surface area contributed by atoms with Crippen LogP contribution in [0.3, 0.4) is 0 Å². The quantitative estimate of drug-likeness (QED) is 0.749. The van der Waals surface area contributed by atoms with E-state index in [4.69, 9.17) is 0 Å². The predicted octanol–water partition coefficient (Wildman–Crippen LogP) is 1.75. The van der Waals surface area contributed by atoms with Gasteiger partial charge in [0.15, 0.2) is 0 Å². The number of nitrogens with zero attached hydrogens (tertiary/aromatic N) is 2. The molecule has 0 aliphatic heterocycles. The smallest absolute Gasteiger partial charge is 0.205 e. The van der Waals surface area contributed by atoms with Crippen LogP contribution in [0.2, 0.25) is 0 Å². The van der Waals surface area contributed by atoms with E-state index < -0.39 is 0 Å². The molecule has 11 heavy (non-hydrogen) atoms. The monoisotopic (exact) mass is 169 g/mol. The van der Waals surface area contributed by atoms with Crippen molar-refractivity contribution in [3.05, 3.63) is 5.51 Å². The molecule has 3 nitrogen and oxygen atoms in total. The molecule has 1 N–H and O–H groups in total. The van der Waals surface area contributed by atoms with Crippen LogP contribution in [0, 0.1) is 5.41 Å². The first kappa shape index (κ1) is 7.03. The standard InChI is InChI=1S/C7H11N3S/c1-7(2-3-7)4-8-6-10-9-5-11-6/h5H,2-4H2,1H3,(H,8,10). The lowest BCUT2D eigenvalue weighted by Crippen LogP contribution is -2.11. The van der Waals surface area contributed by atoms with Crippen molar-refractivity contribution in [2.75, 3.05) is 11.9 Å². The molecule has 0 unspecified atom stereocenters. The summed E-state index contributed by atoms with van der Waals surface area (Å²) in [6, 6.07) is 0. The van der Waals surface area contributed by atoms with Crippen molar-refractivity contribution in [2.45, 2.75) is 19.8 Å². The van der Waals surface area contributed by atoms with E-state index in [1.807, 2.05) is 0 Å². The van der Waals surface area contributed by atoms with Crippen LogP contribution in [0.5, 0.6) is 0 Å². The first-order valence-corrected chi connectivity index (χ1v) is 4.67. The van der Waals surface area contributed by atoms with E-state index in [9.17, 15) is 0 Å². The van der Waals surface area contributed by atoms with Crippen molar-refractivity contribution < 1.29 is 0 Å². The molecule has 4 heteroatoms. The maximum atomic E-state index is 3.90. The third kappa shape index (κ3) is 1.68. The predicted molar refractivity (Wildman–Crippen MR) is 45.7 cm³/mol. The van der Waals surface area contributed by atoms with Crippen LogP contribution in [0.1, 0.15) is 19.8 Å². The molecule has 1 aliphatic carbocycles. The van der Waals surface area contributed by atoms with E-state index in [0.29, 0.717) is 5.41 Å². The minimum Gasteiger partial charge on any atom is -0.360 e. The highest BCUT2D eigenvalue weighted by molar-refractivity contribution is 7.13. The number of hydrogen-bond donors (Lipinski definition) is 1. The molecule has 0 amide bonds. The molecule has 0 saturated heterocycles. The Bertz CT molecular complexity index is 228. The van der Waals surface area contributed by atoms with Crippen LogP contribution in [-0.2, 0) is 0 Å². The Kier molecular flexibility index (Phi) is 1.56. The fourth-order valence-corrected chi connectivity index (χ4v) is 1.37. The van der Waals surface area contributed by atoms with Gasteiger partial charge in [0.05, 0.1) is 0 Å². The molecule has 0 spiro atoms. The van der Waals surface area contributed by atoms with Gasteiger partial charge in [-0.2, -0.15) is 0 Å². The van der Waals surface area contributed by atoms with Crippen LogP contribution in [-0.4, -0.2) is 16.7 Å². The summed E-state index contributed by atoms with van der Waals surface area (Å²) in [7, 11) is 0. The third-order valence-electron chi connectivity index (χ3n) is 2.13. The Morgan fingerprint density at radius 3 is 3.09 bits per heavy atom. The topological polar surface area (TPSA) is 37.8 Å². The largest absolute Gasteiger partial charge is 0.360 e. The molecule has 1 aliphatic rings. The summed E-state index contributed by atoms with van der Waals surface area (Å²) >= 11 is 1.56. The second-order valence-corrected chi connectivity index (χ2v) is 4.24. The van der Waals surface area contributed by atoms with Gasteiger partial charge in [-0.3, -0.25) is 0 Å². The maximum Gasteiger partial charge on any atom is 0.205 e. The number of rotatable bonds is 3. The second kappa shape index (κ2) is 2.44. The lowest BCUT2D eigenvalue weighted by atomic mass is 10.1. The minimum absolute atomic E-state index is 0.547. The number of aromatic nitrogens is 2. The maximum absolute atomic E-state index is 3.90. The summed E-state index contributed by atoms with van der Waals surface area (Å²) in [5.74, 6) is 0. The zero-order valence-electron chi connectivity index (χ0n) is 6.50. The molecule has 0 aromatic carbocycles. The van der Waals surface area contributed by atoms with E-state index in [0.717, 1.165) is 11.7 Å². The molecule has 0 radical (unpaired) electrons. The molecule has 60 valence electrons. The molecule has 1 saturated carbocycles. The van der Waals surface area contributed by atoms with Crippen molar-refractivity contribution in [1.29, 1.82) is 0 Å². The van der Waals surface area contributed by atoms with Gasteiger partial charge < -0.3 is 5.32 Å². The van der Waals surface area contributed by atoms with Gasteiger partial charge in [0.2, 0.25) is 5.13 Å². The number of nitrogens with one attached hydrogen (secondary N) is 1. The van der Waals surface area contributed by atoms with Gasteiger partial charge in [-0.05, 0) is 18.3 Å². The average molecular weight is 169 g/mol. The minimum atomic E-state index is 0.547. The second-order valence-electron chi connectivity index (χ2n) is 3.41. The highest BCUT2D eigenvalue weighted by atomic mass is 32.1. The van der Waals surface area contributed by atoms with Gasteiger partial charge >= 0.3 is 0 Å². The van der Waals surface area contributed by atoms with Gasteiger partial charge in [0.25, 0.3) is 0 Å². The molecule has 1 aromatic heterocycles. The lowest BCUT2D eigenvalue weighted by molar-refractivity contribution is 0.610. The summed E-state index contributed by atoms with van der Waals surface area (Å²) in [6.07, 6.45) is 2.69. The molecule has 1 aromatic rings. The molecule has 1 heterocycles. The van der Waals surface area contributed by atoms with E-state index in [1.54, 1.807) is 16.8 Å². The summed E-state index contributed by atoms with van der Waals surface area (Å²) in [5.41, 5.74) is 2.29. The Labute approximate surface area is 69.8 Å². The number of hydrogen-bond acceptors (Lipinski definition) is 4. The van der Waals surface area contributed by atoms with Crippen LogP contribution >= 0.6 is 11.3 Å². The van der Waals surface area contributed by atoms with Crippen molar-refractivity contribution in [1.82, 2.24) is 10.2 Å². The van der Waals surface area contributed by atoms with E-state index in [-0.39, 0.29) is 0 Å². The first-order chi connectivity index (χ1) is 5.29. The summed E-state index contributed by atoms with van der Waals surface area (Å²) < 4.78 is 0. The van der Waals surface area contributed by atoms with Crippen LogP contribution in [0.25, 0.3) is 0 Å². The Hall–Kier alpha value is -0.640. The van der Waals surface area contributed by atoms with Crippen LogP contribution < -0.4 is 5.32 Å². The SMILES string of the molecule is CC1(CNc2nncs2)CC1. The molecule has 0 bridgehead atoms. The average Bonchev–Trinajstić information content (AvgIpc) is 2.53. The fraction of sp³-hybridized carbons (Fsp3) is 0.714. The molecular weight excluding hydrogens is 158 g/mol. The molecule has 2 rings (SSSR count). The van der Waals surface area contributed by atoms with Crippen molar-refractivity contribution >= 4 is 16.5 Å². The fourth-order valence-electron chi connectivity index (χ4n) is 0.929. The zero-order valence-corrected chi connectivity index (χ0v) is 7.32. The van der Waals surface area contributed by atoms with Crippen molar-refractivity contribution in [2.24, 2.45) is 5.41 Å². The van der Waals surface area contributed by atoms with Crippen molar-refractivity contribution in [3.63, 3.8) is 0 Å². The number of anilines is 1. The normalized spacial score (nSPS) is 19.7. The van der Waals surface area contributed by atoms with Crippen LogP contribution in [0.15, 0.2) is 5.51 Å². The van der Waals surface area contributed by atoms with Gasteiger partial charge in [-0.25, -0.2) is 0 Å². The molecule has 0 atom stereocenters. The van der Waals surface area contributed by atoms with Crippen LogP contribution in [0.4, 0.5) is 5.13 Å². The molecular formula is C7H11N3S. The molecule has 1 fully saturated rings.